The number of nitrogens with two attached hydrogens (primary N) is 1. The van der Waals surface area contributed by atoms with Gasteiger partial charge in [0.2, 0.25) is 22.6 Å². The Morgan fingerprint density at radius 2 is 2.00 bits per heavy atom. The Morgan fingerprint density at radius 1 is 1.27 bits per heavy atom. The van der Waals surface area contributed by atoms with Crippen LogP contribution in [0.4, 0.5) is 5.69 Å². The number of rotatable bonds is 6. The standard InChI is InChI=1S/C21H20N6O5S/c22-18(28)13-7-9-25(10-8-13)16(12-3-5-14(6-4-12)27(30)31)17-20(29)26-21(33-17)23-19(24-26)15-2-1-11-32-15/h1-6,11,13,16,29H,7-10H2,(H2,22,28)/t16-/m1/s1. The van der Waals surface area contributed by atoms with E-state index in [1.165, 1.54) is 34.2 Å². The van der Waals surface area contributed by atoms with Crippen molar-refractivity contribution in [3.05, 3.63) is 63.2 Å². The predicted octanol–water partition coefficient (Wildman–Crippen LogP) is 2.95. The Labute approximate surface area is 191 Å². The zero-order chi connectivity index (χ0) is 23.1. The molecule has 4 heterocycles. The van der Waals surface area contributed by atoms with Crippen molar-refractivity contribution in [2.24, 2.45) is 11.7 Å². The highest BCUT2D eigenvalue weighted by Crippen LogP contribution is 2.42. The lowest BCUT2D eigenvalue weighted by Crippen LogP contribution is -2.40. The lowest BCUT2D eigenvalue weighted by atomic mass is 9.93. The van der Waals surface area contributed by atoms with Crippen LogP contribution in [-0.2, 0) is 4.79 Å². The van der Waals surface area contributed by atoms with Crippen LogP contribution in [0, 0.1) is 16.0 Å². The summed E-state index contributed by atoms with van der Waals surface area (Å²) >= 11 is 1.29. The molecule has 0 bridgehead atoms. The number of carbonyl (C=O) groups is 1. The summed E-state index contributed by atoms with van der Waals surface area (Å²) in [6, 6.07) is 9.35. The largest absolute Gasteiger partial charge is 0.492 e. The third-order valence-corrected chi connectivity index (χ3v) is 6.98. The van der Waals surface area contributed by atoms with Crippen molar-refractivity contribution >= 4 is 27.9 Å². The molecule has 33 heavy (non-hydrogen) atoms. The molecule has 170 valence electrons. The third-order valence-electron chi connectivity index (χ3n) is 5.91. The number of thiazole rings is 1. The van der Waals surface area contributed by atoms with E-state index < -0.39 is 4.92 Å². The van der Waals surface area contributed by atoms with E-state index in [2.05, 4.69) is 15.0 Å². The summed E-state index contributed by atoms with van der Waals surface area (Å²) in [4.78, 5) is 30.0. The van der Waals surface area contributed by atoms with E-state index in [1.54, 1.807) is 24.3 Å². The molecule has 5 rings (SSSR count). The van der Waals surface area contributed by atoms with Gasteiger partial charge >= 0.3 is 0 Å². The average molecular weight is 468 g/mol. The SMILES string of the molecule is NC(=O)C1CCN([C@H](c2ccc([N+](=O)[O-])cc2)c2sc3nc(-c4ccco4)nn3c2O)CC1. The number of piperidine rings is 1. The number of amides is 1. The predicted molar refractivity (Wildman–Crippen MR) is 119 cm³/mol. The Hall–Kier alpha value is -3.77. The van der Waals surface area contributed by atoms with Crippen LogP contribution in [-0.4, -0.2) is 48.5 Å². The molecule has 3 N–H and O–H groups in total. The van der Waals surface area contributed by atoms with Gasteiger partial charge in [-0.2, -0.15) is 9.50 Å². The van der Waals surface area contributed by atoms with Crippen LogP contribution in [0.15, 0.2) is 47.1 Å². The van der Waals surface area contributed by atoms with Gasteiger partial charge in [0.15, 0.2) is 5.76 Å². The van der Waals surface area contributed by atoms with E-state index in [9.17, 15) is 20.0 Å². The first-order valence-corrected chi connectivity index (χ1v) is 11.1. The van der Waals surface area contributed by atoms with Gasteiger partial charge in [0.05, 0.1) is 22.1 Å². The highest BCUT2D eigenvalue weighted by Gasteiger charge is 2.33. The Balaban J connectivity index is 1.54. The number of furan rings is 1. The summed E-state index contributed by atoms with van der Waals surface area (Å²) in [5.74, 6) is 0.300. The molecular formula is C21H20N6O5S. The van der Waals surface area contributed by atoms with Crippen molar-refractivity contribution < 1.29 is 19.2 Å². The number of fused-ring (bicyclic) bond motifs is 1. The smallest absolute Gasteiger partial charge is 0.269 e. The number of aromatic nitrogens is 3. The molecule has 1 aliphatic heterocycles. The first-order valence-electron chi connectivity index (χ1n) is 10.3. The molecule has 3 aromatic heterocycles. The molecule has 4 aromatic rings. The topological polar surface area (TPSA) is 153 Å². The fourth-order valence-electron chi connectivity index (χ4n) is 4.19. The molecule has 12 heteroatoms. The number of nitro benzene ring substituents is 1. The molecule has 1 saturated heterocycles. The van der Waals surface area contributed by atoms with Gasteiger partial charge in [-0.15, -0.1) is 5.10 Å². The van der Waals surface area contributed by atoms with Gasteiger partial charge < -0.3 is 15.3 Å². The van der Waals surface area contributed by atoms with Gasteiger partial charge in [0.25, 0.3) is 5.69 Å². The van der Waals surface area contributed by atoms with Crippen LogP contribution in [0.1, 0.15) is 29.3 Å². The second-order valence-electron chi connectivity index (χ2n) is 7.86. The van der Waals surface area contributed by atoms with Crippen LogP contribution < -0.4 is 5.73 Å². The van der Waals surface area contributed by atoms with Crippen molar-refractivity contribution in [3.63, 3.8) is 0 Å². The quantitative estimate of drug-likeness (QED) is 0.323. The Morgan fingerprint density at radius 3 is 2.58 bits per heavy atom. The summed E-state index contributed by atoms with van der Waals surface area (Å²) in [6.45, 7) is 1.17. The molecule has 0 saturated carbocycles. The second-order valence-corrected chi connectivity index (χ2v) is 8.87. The molecule has 1 atom stereocenters. The summed E-state index contributed by atoms with van der Waals surface area (Å²) in [5, 5.41) is 26.6. The van der Waals surface area contributed by atoms with E-state index in [0.29, 0.717) is 47.4 Å². The number of aromatic hydroxyl groups is 1. The molecule has 11 nitrogen and oxygen atoms in total. The number of likely N-dealkylation sites (tertiary alicyclic amines) is 1. The summed E-state index contributed by atoms with van der Waals surface area (Å²) in [7, 11) is 0. The molecule has 1 aromatic carbocycles. The fourth-order valence-corrected chi connectivity index (χ4v) is 5.30. The van der Waals surface area contributed by atoms with Gasteiger partial charge in [-0.25, -0.2) is 0 Å². The van der Waals surface area contributed by atoms with Crippen molar-refractivity contribution in [2.45, 2.75) is 18.9 Å². The van der Waals surface area contributed by atoms with Crippen molar-refractivity contribution in [1.82, 2.24) is 19.5 Å². The van der Waals surface area contributed by atoms with Gasteiger partial charge in [0, 0.05) is 18.1 Å². The zero-order valence-electron chi connectivity index (χ0n) is 17.3. The van der Waals surface area contributed by atoms with Crippen LogP contribution >= 0.6 is 11.3 Å². The van der Waals surface area contributed by atoms with Crippen molar-refractivity contribution in [1.29, 1.82) is 0 Å². The van der Waals surface area contributed by atoms with Gasteiger partial charge in [0.1, 0.15) is 0 Å². The van der Waals surface area contributed by atoms with Crippen molar-refractivity contribution in [3.8, 4) is 17.5 Å². The fraction of sp³-hybridized carbons (Fsp3) is 0.286. The minimum absolute atomic E-state index is 0.0140. The number of hydrogen-bond acceptors (Lipinski definition) is 9. The maximum Gasteiger partial charge on any atom is 0.269 e. The first kappa shape index (κ1) is 21.1. The van der Waals surface area contributed by atoms with Crippen LogP contribution in [0.3, 0.4) is 0 Å². The molecule has 1 amide bonds. The van der Waals surface area contributed by atoms with Gasteiger partial charge in [-0.05, 0) is 43.6 Å². The molecule has 0 spiro atoms. The van der Waals surface area contributed by atoms with E-state index in [0.717, 1.165) is 5.56 Å². The maximum atomic E-state index is 11.6. The van der Waals surface area contributed by atoms with E-state index in [4.69, 9.17) is 10.2 Å². The van der Waals surface area contributed by atoms with E-state index in [1.807, 2.05) is 0 Å². The molecule has 1 aliphatic rings. The summed E-state index contributed by atoms with van der Waals surface area (Å²) in [5.41, 5.74) is 6.25. The Kier molecular flexibility index (Phi) is 5.30. The number of nitrogens with zero attached hydrogens (tertiary/aromatic N) is 5. The minimum atomic E-state index is -0.450. The number of non-ortho nitro benzene ring substituents is 1. The van der Waals surface area contributed by atoms with Gasteiger partial charge in [-0.3, -0.25) is 19.8 Å². The lowest BCUT2D eigenvalue weighted by molar-refractivity contribution is -0.384. The number of primary amides is 1. The maximum absolute atomic E-state index is 11.6. The second kappa shape index (κ2) is 8.30. The molecule has 0 radical (unpaired) electrons. The van der Waals surface area contributed by atoms with Crippen LogP contribution in [0.2, 0.25) is 0 Å². The average Bonchev–Trinajstić information content (AvgIpc) is 3.54. The summed E-state index contributed by atoms with van der Waals surface area (Å²) in [6.07, 6.45) is 2.72. The molecular weight excluding hydrogens is 448 g/mol. The highest BCUT2D eigenvalue weighted by atomic mass is 32.1. The minimum Gasteiger partial charge on any atom is -0.492 e. The number of carbonyl (C=O) groups excluding carboxylic acids is 1. The monoisotopic (exact) mass is 468 g/mol. The summed E-state index contributed by atoms with van der Waals surface area (Å²) < 4.78 is 6.71. The number of benzene rings is 1. The number of nitro groups is 1. The van der Waals surface area contributed by atoms with E-state index in [-0.39, 0.29) is 29.4 Å². The normalized spacial score (nSPS) is 16.2. The number of hydrogen-bond donors (Lipinski definition) is 2. The van der Waals surface area contributed by atoms with Crippen LogP contribution in [0.25, 0.3) is 16.5 Å². The van der Waals surface area contributed by atoms with Gasteiger partial charge in [-0.1, -0.05) is 23.5 Å². The molecule has 0 aliphatic carbocycles. The highest BCUT2D eigenvalue weighted by molar-refractivity contribution is 7.17. The Bertz CT molecular complexity index is 1310. The van der Waals surface area contributed by atoms with Crippen molar-refractivity contribution in [2.75, 3.05) is 13.1 Å². The molecule has 1 fully saturated rings. The van der Waals surface area contributed by atoms with E-state index >= 15 is 0 Å². The lowest BCUT2D eigenvalue weighted by Gasteiger charge is -2.36. The first-order chi connectivity index (χ1) is 15.9. The molecule has 0 unspecified atom stereocenters. The van der Waals surface area contributed by atoms with Crippen LogP contribution in [0.5, 0.6) is 5.88 Å². The third kappa shape index (κ3) is 3.83. The zero-order valence-corrected chi connectivity index (χ0v) is 18.1.